The summed E-state index contributed by atoms with van der Waals surface area (Å²) in [5, 5.41) is 0. The lowest BCUT2D eigenvalue weighted by Crippen LogP contribution is -2.41. The number of ether oxygens (including phenoxy) is 2. The molecule has 1 aliphatic rings. The fourth-order valence-corrected chi connectivity index (χ4v) is 2.93. The van der Waals surface area contributed by atoms with Crippen LogP contribution in [0, 0.1) is 11.7 Å². The van der Waals surface area contributed by atoms with Crippen molar-refractivity contribution in [3.63, 3.8) is 0 Å². The molecule has 1 heterocycles. The van der Waals surface area contributed by atoms with Crippen LogP contribution in [0.5, 0.6) is 0 Å². The van der Waals surface area contributed by atoms with Crippen LogP contribution in [0.25, 0.3) is 0 Å². The molecule has 26 heavy (non-hydrogen) atoms. The van der Waals surface area contributed by atoms with Gasteiger partial charge in [-0.3, -0.25) is 9.59 Å². The molecule has 0 N–H and O–H groups in total. The molecular weight excluding hydrogens is 339 g/mol. The highest BCUT2D eigenvalue weighted by Gasteiger charge is 2.31. The Hall–Kier alpha value is -1.99. The molecule has 1 aliphatic heterocycles. The molecule has 1 aromatic rings. The molecule has 0 bridgehead atoms. The number of halogens is 1. The van der Waals surface area contributed by atoms with Gasteiger partial charge in [0.25, 0.3) is 0 Å². The van der Waals surface area contributed by atoms with E-state index in [0.717, 1.165) is 0 Å². The third kappa shape index (κ3) is 5.78. The van der Waals surface area contributed by atoms with E-state index in [9.17, 15) is 14.0 Å². The summed E-state index contributed by atoms with van der Waals surface area (Å²) in [6.07, 6.45) is -0.388. The van der Waals surface area contributed by atoms with Gasteiger partial charge in [0.1, 0.15) is 12.4 Å². The van der Waals surface area contributed by atoms with Crippen LogP contribution in [0.2, 0.25) is 0 Å². The average molecular weight is 366 g/mol. The first-order valence-corrected chi connectivity index (χ1v) is 8.80. The van der Waals surface area contributed by atoms with Crippen LogP contribution in [-0.4, -0.2) is 67.6 Å². The van der Waals surface area contributed by atoms with Crippen LogP contribution < -0.4 is 0 Å². The number of carbonyl (C=O) groups is 2. The standard InChI is InChI=1S/C19H27FN2O4/c1-14(2)8-21-9-16(26-12-15-6-4-5-7-17(15)20)10-22(11-18(21)23)19(24)13-25-3/h4-7,14,16H,8-13H2,1-3H3. The molecule has 7 heteroatoms. The van der Waals surface area contributed by atoms with Crippen LogP contribution in [0.3, 0.4) is 0 Å². The van der Waals surface area contributed by atoms with Gasteiger partial charge in [0.2, 0.25) is 11.8 Å². The van der Waals surface area contributed by atoms with E-state index in [1.54, 1.807) is 23.1 Å². The summed E-state index contributed by atoms with van der Waals surface area (Å²) in [6.45, 7) is 5.31. The van der Waals surface area contributed by atoms with E-state index in [-0.39, 0.29) is 50.0 Å². The molecule has 1 fully saturated rings. The smallest absolute Gasteiger partial charge is 0.249 e. The molecular formula is C19H27FN2O4. The van der Waals surface area contributed by atoms with Gasteiger partial charge in [0.05, 0.1) is 19.3 Å². The molecule has 0 radical (unpaired) electrons. The number of hydrogen-bond acceptors (Lipinski definition) is 4. The van der Waals surface area contributed by atoms with Crippen molar-refractivity contribution in [2.45, 2.75) is 26.6 Å². The van der Waals surface area contributed by atoms with E-state index in [1.165, 1.54) is 18.1 Å². The molecule has 2 rings (SSSR count). The number of methoxy groups -OCH3 is 1. The highest BCUT2D eigenvalue weighted by molar-refractivity contribution is 5.86. The molecule has 1 atom stereocenters. The second-order valence-electron chi connectivity index (χ2n) is 6.92. The zero-order chi connectivity index (χ0) is 19.1. The van der Waals surface area contributed by atoms with E-state index < -0.39 is 0 Å². The number of benzene rings is 1. The molecule has 0 saturated carbocycles. The maximum Gasteiger partial charge on any atom is 0.249 e. The van der Waals surface area contributed by atoms with E-state index in [2.05, 4.69) is 0 Å². The minimum atomic E-state index is -0.388. The Kier molecular flexibility index (Phi) is 7.53. The first-order valence-electron chi connectivity index (χ1n) is 8.80. The van der Waals surface area contributed by atoms with Crippen molar-refractivity contribution < 1.29 is 23.5 Å². The van der Waals surface area contributed by atoms with E-state index >= 15 is 0 Å². The minimum absolute atomic E-state index is 0.00840. The lowest BCUT2D eigenvalue weighted by molar-refractivity contribution is -0.141. The van der Waals surface area contributed by atoms with Gasteiger partial charge in [0, 0.05) is 32.3 Å². The topological polar surface area (TPSA) is 59.1 Å². The van der Waals surface area contributed by atoms with Gasteiger partial charge in [0.15, 0.2) is 0 Å². The molecule has 0 aliphatic carbocycles. The van der Waals surface area contributed by atoms with E-state index in [4.69, 9.17) is 9.47 Å². The van der Waals surface area contributed by atoms with Gasteiger partial charge in [-0.15, -0.1) is 0 Å². The SMILES string of the molecule is COCC(=O)N1CC(=O)N(CC(C)C)CC(OCc2ccccc2F)C1. The second kappa shape index (κ2) is 9.64. The highest BCUT2D eigenvalue weighted by Crippen LogP contribution is 2.14. The number of hydrogen-bond donors (Lipinski definition) is 0. The predicted molar refractivity (Wildman–Crippen MR) is 94.9 cm³/mol. The Balaban J connectivity index is 2.10. The lowest BCUT2D eigenvalue weighted by Gasteiger charge is -2.26. The van der Waals surface area contributed by atoms with Crippen molar-refractivity contribution in [2.75, 3.05) is 39.9 Å². The summed E-state index contributed by atoms with van der Waals surface area (Å²) in [4.78, 5) is 27.9. The summed E-state index contributed by atoms with van der Waals surface area (Å²) < 4.78 is 24.6. The normalized spacial score (nSPS) is 18.3. The molecule has 1 unspecified atom stereocenters. The third-order valence-electron chi connectivity index (χ3n) is 4.17. The van der Waals surface area contributed by atoms with Gasteiger partial charge >= 0.3 is 0 Å². The first-order chi connectivity index (χ1) is 12.4. The predicted octanol–water partition coefficient (Wildman–Crippen LogP) is 1.68. The van der Waals surface area contributed by atoms with Gasteiger partial charge in [-0.1, -0.05) is 32.0 Å². The first kappa shape index (κ1) is 20.3. The van der Waals surface area contributed by atoms with Crippen LogP contribution in [-0.2, 0) is 25.7 Å². The Morgan fingerprint density at radius 3 is 2.69 bits per heavy atom. The molecule has 0 aromatic heterocycles. The van der Waals surface area contributed by atoms with Crippen molar-refractivity contribution in [3.8, 4) is 0 Å². The zero-order valence-corrected chi connectivity index (χ0v) is 15.6. The summed E-state index contributed by atoms with van der Waals surface area (Å²) in [7, 11) is 1.44. The van der Waals surface area contributed by atoms with Gasteiger partial charge in [-0.25, -0.2) is 4.39 Å². The van der Waals surface area contributed by atoms with Crippen LogP contribution in [0.1, 0.15) is 19.4 Å². The van der Waals surface area contributed by atoms with Crippen LogP contribution in [0.15, 0.2) is 24.3 Å². The van der Waals surface area contributed by atoms with Crippen molar-refractivity contribution in [2.24, 2.45) is 5.92 Å². The second-order valence-corrected chi connectivity index (χ2v) is 6.92. The zero-order valence-electron chi connectivity index (χ0n) is 15.6. The van der Waals surface area contributed by atoms with Crippen molar-refractivity contribution in [3.05, 3.63) is 35.6 Å². The molecule has 1 saturated heterocycles. The summed E-state index contributed by atoms with van der Waals surface area (Å²) in [5.41, 5.74) is 0.452. The quantitative estimate of drug-likeness (QED) is 0.737. The maximum absolute atomic E-state index is 13.8. The van der Waals surface area contributed by atoms with E-state index in [0.29, 0.717) is 24.6 Å². The Labute approximate surface area is 153 Å². The van der Waals surface area contributed by atoms with Crippen molar-refractivity contribution in [1.29, 1.82) is 0 Å². The summed E-state index contributed by atoms with van der Waals surface area (Å²) >= 11 is 0. The summed E-state index contributed by atoms with van der Waals surface area (Å²) in [6, 6.07) is 6.42. The number of amides is 2. The molecule has 1 aromatic carbocycles. The molecule has 144 valence electrons. The Morgan fingerprint density at radius 1 is 1.31 bits per heavy atom. The number of carbonyl (C=O) groups excluding carboxylic acids is 2. The number of rotatable bonds is 7. The lowest BCUT2D eigenvalue weighted by atomic mass is 10.2. The highest BCUT2D eigenvalue weighted by atomic mass is 19.1. The fourth-order valence-electron chi connectivity index (χ4n) is 2.93. The maximum atomic E-state index is 13.8. The minimum Gasteiger partial charge on any atom is -0.375 e. The largest absolute Gasteiger partial charge is 0.375 e. The van der Waals surface area contributed by atoms with E-state index in [1.807, 2.05) is 13.8 Å². The Morgan fingerprint density at radius 2 is 2.04 bits per heavy atom. The summed E-state index contributed by atoms with van der Waals surface area (Å²) in [5.74, 6) is -0.400. The number of nitrogens with zero attached hydrogens (tertiary/aromatic N) is 2. The monoisotopic (exact) mass is 366 g/mol. The van der Waals surface area contributed by atoms with Crippen LogP contribution >= 0.6 is 0 Å². The van der Waals surface area contributed by atoms with Crippen LogP contribution in [0.4, 0.5) is 4.39 Å². The fraction of sp³-hybridized carbons (Fsp3) is 0.579. The van der Waals surface area contributed by atoms with Crippen molar-refractivity contribution >= 4 is 11.8 Å². The third-order valence-corrected chi connectivity index (χ3v) is 4.17. The average Bonchev–Trinajstić information content (AvgIpc) is 2.73. The molecule has 6 nitrogen and oxygen atoms in total. The molecule has 0 spiro atoms. The van der Waals surface area contributed by atoms with Gasteiger partial charge in [-0.05, 0) is 12.0 Å². The van der Waals surface area contributed by atoms with Gasteiger partial charge < -0.3 is 19.3 Å². The van der Waals surface area contributed by atoms with Crippen molar-refractivity contribution in [1.82, 2.24) is 9.80 Å². The Bertz CT molecular complexity index is 623. The molecule has 2 amide bonds. The van der Waals surface area contributed by atoms with Gasteiger partial charge in [-0.2, -0.15) is 0 Å².